The lowest BCUT2D eigenvalue weighted by Crippen LogP contribution is -2.46. The Labute approximate surface area is 174 Å². The first-order valence-electron chi connectivity index (χ1n) is 9.16. The average molecular weight is 473 g/mol. The maximum absolute atomic E-state index is 13.0. The van der Waals surface area contributed by atoms with E-state index in [0.29, 0.717) is 37.3 Å². The highest BCUT2D eigenvalue weighted by Gasteiger charge is 2.37. The van der Waals surface area contributed by atoms with Gasteiger partial charge in [-0.1, -0.05) is 15.9 Å². The number of halogens is 4. The Balaban J connectivity index is 1.62. The zero-order valence-corrected chi connectivity index (χ0v) is 17.1. The van der Waals surface area contributed by atoms with Crippen LogP contribution in [0, 0.1) is 5.92 Å². The number of benzene rings is 1. The summed E-state index contributed by atoms with van der Waals surface area (Å²) in [5.74, 6) is -0.965. The molecular formula is C20H20BrF3N2O3. The van der Waals surface area contributed by atoms with Crippen molar-refractivity contribution >= 4 is 27.7 Å². The van der Waals surface area contributed by atoms with Gasteiger partial charge in [-0.25, -0.2) is 0 Å². The topological polar surface area (TPSA) is 53.8 Å². The second-order valence-corrected chi connectivity index (χ2v) is 7.88. The molecule has 0 bridgehead atoms. The van der Waals surface area contributed by atoms with Crippen molar-refractivity contribution in [2.75, 3.05) is 19.6 Å². The molecule has 1 aromatic carbocycles. The fraction of sp³-hybridized carbons (Fsp3) is 0.400. The smallest absolute Gasteiger partial charge is 0.406 e. The van der Waals surface area contributed by atoms with Crippen molar-refractivity contribution in [3.8, 4) is 0 Å². The van der Waals surface area contributed by atoms with Crippen LogP contribution in [0.1, 0.15) is 29.0 Å². The number of furan rings is 1. The number of hydrogen-bond donors (Lipinski definition) is 0. The minimum atomic E-state index is -4.50. The van der Waals surface area contributed by atoms with E-state index in [-0.39, 0.29) is 12.5 Å². The number of carbonyl (C=O) groups excluding carboxylic acids is 2. The highest BCUT2D eigenvalue weighted by atomic mass is 79.9. The Morgan fingerprint density at radius 2 is 1.79 bits per heavy atom. The normalized spacial score (nSPS) is 15.4. The molecule has 1 aliphatic heterocycles. The van der Waals surface area contributed by atoms with Crippen LogP contribution >= 0.6 is 15.9 Å². The van der Waals surface area contributed by atoms with Crippen molar-refractivity contribution in [1.29, 1.82) is 0 Å². The number of nitrogens with zero attached hydrogens (tertiary/aromatic N) is 2. The average Bonchev–Trinajstić information content (AvgIpc) is 3.19. The van der Waals surface area contributed by atoms with Crippen LogP contribution in [-0.2, 0) is 11.3 Å². The van der Waals surface area contributed by atoms with E-state index in [1.165, 1.54) is 12.3 Å². The van der Waals surface area contributed by atoms with E-state index in [4.69, 9.17) is 4.42 Å². The Morgan fingerprint density at radius 1 is 1.14 bits per heavy atom. The molecule has 1 aliphatic rings. The molecule has 2 amide bonds. The molecule has 0 atom stereocenters. The van der Waals surface area contributed by atoms with Crippen LogP contribution < -0.4 is 0 Å². The summed E-state index contributed by atoms with van der Waals surface area (Å²) in [6.45, 7) is -0.911. The summed E-state index contributed by atoms with van der Waals surface area (Å²) in [6.07, 6.45) is -2.49. The number of hydrogen-bond acceptors (Lipinski definition) is 3. The third kappa shape index (κ3) is 5.85. The Kier molecular flexibility index (Phi) is 6.66. The molecule has 0 saturated carbocycles. The van der Waals surface area contributed by atoms with Gasteiger partial charge < -0.3 is 14.2 Å². The lowest BCUT2D eigenvalue weighted by atomic mass is 9.94. The van der Waals surface area contributed by atoms with Gasteiger partial charge in [0, 0.05) is 29.0 Å². The van der Waals surface area contributed by atoms with E-state index in [1.54, 1.807) is 35.2 Å². The molecule has 2 heterocycles. The number of amides is 2. The fourth-order valence-electron chi connectivity index (χ4n) is 3.38. The molecule has 29 heavy (non-hydrogen) atoms. The van der Waals surface area contributed by atoms with Gasteiger partial charge in [0.05, 0.1) is 12.8 Å². The summed E-state index contributed by atoms with van der Waals surface area (Å²) in [5, 5.41) is 0. The Hall–Kier alpha value is -2.29. The molecule has 9 heteroatoms. The van der Waals surface area contributed by atoms with Crippen molar-refractivity contribution in [2.45, 2.75) is 25.6 Å². The van der Waals surface area contributed by atoms with Gasteiger partial charge in [-0.3, -0.25) is 9.59 Å². The molecule has 1 saturated heterocycles. The molecule has 0 N–H and O–H groups in total. The zero-order chi connectivity index (χ0) is 21.0. The summed E-state index contributed by atoms with van der Waals surface area (Å²) in [5.41, 5.74) is 0.537. The highest BCUT2D eigenvalue weighted by molar-refractivity contribution is 9.10. The third-order valence-electron chi connectivity index (χ3n) is 4.83. The minimum absolute atomic E-state index is 0.147. The maximum atomic E-state index is 13.0. The minimum Gasteiger partial charge on any atom is -0.467 e. The van der Waals surface area contributed by atoms with Gasteiger partial charge in [0.25, 0.3) is 5.91 Å². The van der Waals surface area contributed by atoms with E-state index in [9.17, 15) is 22.8 Å². The van der Waals surface area contributed by atoms with E-state index in [0.717, 1.165) is 9.37 Å². The number of carbonyl (C=O) groups is 2. The Morgan fingerprint density at radius 3 is 2.34 bits per heavy atom. The molecule has 1 aromatic heterocycles. The molecule has 1 fully saturated rings. The molecule has 0 radical (unpaired) electrons. The summed E-state index contributed by atoms with van der Waals surface area (Å²) in [7, 11) is 0. The largest absolute Gasteiger partial charge is 0.467 e. The van der Waals surface area contributed by atoms with Crippen molar-refractivity contribution < 1.29 is 27.2 Å². The molecule has 3 rings (SSSR count). The van der Waals surface area contributed by atoms with E-state index < -0.39 is 24.5 Å². The monoisotopic (exact) mass is 472 g/mol. The lowest BCUT2D eigenvalue weighted by molar-refractivity contribution is -0.166. The second-order valence-electron chi connectivity index (χ2n) is 6.96. The van der Waals surface area contributed by atoms with Gasteiger partial charge in [-0.2, -0.15) is 13.2 Å². The van der Waals surface area contributed by atoms with Crippen LogP contribution in [0.4, 0.5) is 13.2 Å². The van der Waals surface area contributed by atoms with E-state index in [1.807, 2.05) is 0 Å². The zero-order valence-electron chi connectivity index (χ0n) is 15.5. The number of piperidine rings is 1. The summed E-state index contributed by atoms with van der Waals surface area (Å²) in [4.78, 5) is 27.8. The molecule has 0 unspecified atom stereocenters. The lowest BCUT2D eigenvalue weighted by Gasteiger charge is -2.34. The van der Waals surface area contributed by atoms with Crippen molar-refractivity contribution in [2.24, 2.45) is 5.92 Å². The van der Waals surface area contributed by atoms with Gasteiger partial charge in [-0.05, 0) is 49.2 Å². The SMILES string of the molecule is O=C(c1ccc(Br)cc1)N1CCC(C(=O)N(Cc2ccco2)CC(F)(F)F)CC1. The quantitative estimate of drug-likeness (QED) is 0.644. The first kappa shape index (κ1) is 21.4. The first-order valence-corrected chi connectivity index (χ1v) is 9.95. The second kappa shape index (κ2) is 9.02. The van der Waals surface area contributed by atoms with Crippen LogP contribution in [0.5, 0.6) is 0 Å². The predicted octanol–water partition coefficient (Wildman–Crippen LogP) is 4.49. The van der Waals surface area contributed by atoms with Gasteiger partial charge in [-0.15, -0.1) is 0 Å². The van der Waals surface area contributed by atoms with Crippen LogP contribution in [0.15, 0.2) is 51.6 Å². The highest BCUT2D eigenvalue weighted by Crippen LogP contribution is 2.25. The first-order chi connectivity index (χ1) is 13.7. The number of alkyl halides is 3. The third-order valence-corrected chi connectivity index (χ3v) is 5.36. The molecule has 2 aromatic rings. The van der Waals surface area contributed by atoms with E-state index >= 15 is 0 Å². The van der Waals surface area contributed by atoms with Crippen LogP contribution in [0.25, 0.3) is 0 Å². The van der Waals surface area contributed by atoms with Crippen molar-refractivity contribution in [3.63, 3.8) is 0 Å². The molecular weight excluding hydrogens is 453 g/mol. The van der Waals surface area contributed by atoms with Crippen LogP contribution in [0.3, 0.4) is 0 Å². The summed E-state index contributed by atoms with van der Waals surface area (Å²) < 4.78 is 44.9. The summed E-state index contributed by atoms with van der Waals surface area (Å²) in [6, 6.07) is 10.1. The van der Waals surface area contributed by atoms with Crippen LogP contribution in [0.2, 0.25) is 0 Å². The van der Waals surface area contributed by atoms with Crippen LogP contribution in [-0.4, -0.2) is 47.4 Å². The van der Waals surface area contributed by atoms with Gasteiger partial charge in [0.2, 0.25) is 5.91 Å². The van der Waals surface area contributed by atoms with Gasteiger partial charge >= 0.3 is 6.18 Å². The van der Waals surface area contributed by atoms with Gasteiger partial charge in [0.15, 0.2) is 0 Å². The fourth-order valence-corrected chi connectivity index (χ4v) is 3.65. The number of rotatable bonds is 5. The molecule has 0 aliphatic carbocycles. The Bertz CT molecular complexity index is 830. The van der Waals surface area contributed by atoms with Gasteiger partial charge in [0.1, 0.15) is 12.3 Å². The molecule has 156 valence electrons. The maximum Gasteiger partial charge on any atom is 0.406 e. The standard InChI is InChI=1S/C20H20BrF3N2O3/c21-16-5-3-14(4-6-16)18(27)25-9-7-15(8-10-25)19(28)26(13-20(22,23)24)12-17-2-1-11-29-17/h1-6,11,15H,7-10,12-13H2. The van der Waals surface area contributed by atoms with Crippen molar-refractivity contribution in [1.82, 2.24) is 9.80 Å². The summed E-state index contributed by atoms with van der Waals surface area (Å²) >= 11 is 3.32. The molecule has 5 nitrogen and oxygen atoms in total. The van der Waals surface area contributed by atoms with Crippen molar-refractivity contribution in [3.05, 3.63) is 58.5 Å². The molecule has 0 spiro atoms. The van der Waals surface area contributed by atoms with E-state index in [2.05, 4.69) is 15.9 Å². The predicted molar refractivity (Wildman–Crippen MR) is 103 cm³/mol. The number of likely N-dealkylation sites (tertiary alicyclic amines) is 1.